The van der Waals surface area contributed by atoms with Crippen LogP contribution in [-0.2, 0) is 0 Å². The van der Waals surface area contributed by atoms with Crippen LogP contribution < -0.4 is 5.32 Å². The van der Waals surface area contributed by atoms with Crippen molar-refractivity contribution in [2.24, 2.45) is 5.92 Å². The lowest BCUT2D eigenvalue weighted by atomic mass is 9.76. The maximum Gasteiger partial charge on any atom is 0.0309 e. The third kappa shape index (κ3) is 2.02. The molecule has 0 atom stereocenters. The molecule has 0 aromatic rings. The van der Waals surface area contributed by atoms with E-state index in [0.29, 0.717) is 5.54 Å². The number of nitrogens with one attached hydrogen (secondary N) is 1. The number of nitrogens with zero attached hydrogens (tertiary/aromatic N) is 1. The fourth-order valence-corrected chi connectivity index (χ4v) is 4.02. The first-order chi connectivity index (χ1) is 7.77. The van der Waals surface area contributed by atoms with E-state index in [1.54, 1.807) is 0 Å². The van der Waals surface area contributed by atoms with Gasteiger partial charge in [-0.1, -0.05) is 26.2 Å². The molecule has 2 saturated carbocycles. The number of piperazine rings is 1. The summed E-state index contributed by atoms with van der Waals surface area (Å²) in [6.45, 7) is 6.25. The average molecular weight is 222 g/mol. The molecule has 1 spiro atoms. The summed E-state index contributed by atoms with van der Waals surface area (Å²) in [5.74, 6) is 0.988. The molecule has 1 saturated heterocycles. The van der Waals surface area contributed by atoms with Gasteiger partial charge in [0.05, 0.1) is 0 Å². The number of hydrogen-bond donors (Lipinski definition) is 1. The zero-order chi connectivity index (χ0) is 11.0. The van der Waals surface area contributed by atoms with Crippen molar-refractivity contribution in [3.05, 3.63) is 0 Å². The van der Waals surface area contributed by atoms with Crippen molar-refractivity contribution in [2.45, 2.75) is 63.5 Å². The fraction of sp³-hybridized carbons (Fsp3) is 1.00. The number of hydrogen-bond acceptors (Lipinski definition) is 2. The molecule has 3 rings (SSSR count). The highest BCUT2D eigenvalue weighted by Crippen LogP contribution is 2.36. The fourth-order valence-electron chi connectivity index (χ4n) is 4.02. The van der Waals surface area contributed by atoms with E-state index in [1.165, 1.54) is 64.6 Å². The molecule has 0 radical (unpaired) electrons. The van der Waals surface area contributed by atoms with E-state index >= 15 is 0 Å². The summed E-state index contributed by atoms with van der Waals surface area (Å²) in [6, 6.07) is 0.927. The van der Waals surface area contributed by atoms with Gasteiger partial charge in [-0.25, -0.2) is 0 Å². The van der Waals surface area contributed by atoms with Gasteiger partial charge in [0.25, 0.3) is 0 Å². The van der Waals surface area contributed by atoms with Gasteiger partial charge in [-0.05, 0) is 31.6 Å². The van der Waals surface area contributed by atoms with Crippen LogP contribution in [0.4, 0.5) is 0 Å². The highest BCUT2D eigenvalue weighted by atomic mass is 15.3. The Bertz CT molecular complexity index is 234. The SMILES string of the molecule is CC1CC(N2CCNC3(CCCCC3)C2)C1. The van der Waals surface area contributed by atoms with Crippen LogP contribution in [0.15, 0.2) is 0 Å². The quantitative estimate of drug-likeness (QED) is 0.733. The zero-order valence-corrected chi connectivity index (χ0v) is 10.7. The Morgan fingerprint density at radius 2 is 1.88 bits per heavy atom. The molecule has 1 aliphatic heterocycles. The normalized spacial score (nSPS) is 39.6. The molecule has 2 nitrogen and oxygen atoms in total. The van der Waals surface area contributed by atoms with Crippen molar-refractivity contribution in [1.29, 1.82) is 0 Å². The Balaban J connectivity index is 1.60. The molecule has 0 aromatic carbocycles. The monoisotopic (exact) mass is 222 g/mol. The van der Waals surface area contributed by atoms with E-state index in [2.05, 4.69) is 17.1 Å². The van der Waals surface area contributed by atoms with Crippen LogP contribution in [0.3, 0.4) is 0 Å². The maximum atomic E-state index is 3.84. The largest absolute Gasteiger partial charge is 0.309 e. The molecular formula is C14H26N2. The molecule has 92 valence electrons. The molecule has 16 heavy (non-hydrogen) atoms. The Morgan fingerprint density at radius 3 is 2.56 bits per heavy atom. The van der Waals surface area contributed by atoms with Gasteiger partial charge < -0.3 is 5.32 Å². The van der Waals surface area contributed by atoms with Gasteiger partial charge in [-0.2, -0.15) is 0 Å². The van der Waals surface area contributed by atoms with E-state index in [4.69, 9.17) is 0 Å². The molecule has 3 fully saturated rings. The second-order valence-corrected chi connectivity index (χ2v) is 6.47. The molecule has 3 aliphatic rings. The summed E-state index contributed by atoms with van der Waals surface area (Å²) in [4.78, 5) is 2.79. The summed E-state index contributed by atoms with van der Waals surface area (Å²) in [5.41, 5.74) is 0.509. The predicted molar refractivity (Wildman–Crippen MR) is 67.6 cm³/mol. The molecule has 0 bridgehead atoms. The molecule has 2 heteroatoms. The topological polar surface area (TPSA) is 15.3 Å². The Hall–Kier alpha value is -0.0800. The first-order valence-electron chi connectivity index (χ1n) is 7.27. The van der Waals surface area contributed by atoms with E-state index < -0.39 is 0 Å². The third-order valence-electron chi connectivity index (χ3n) is 5.08. The third-order valence-corrected chi connectivity index (χ3v) is 5.08. The first-order valence-corrected chi connectivity index (χ1v) is 7.27. The Morgan fingerprint density at radius 1 is 1.12 bits per heavy atom. The van der Waals surface area contributed by atoms with Crippen LogP contribution in [0.1, 0.15) is 51.9 Å². The molecular weight excluding hydrogens is 196 g/mol. The van der Waals surface area contributed by atoms with Crippen LogP contribution in [0, 0.1) is 5.92 Å². The highest BCUT2D eigenvalue weighted by Gasteiger charge is 2.40. The van der Waals surface area contributed by atoms with Gasteiger partial charge in [0.15, 0.2) is 0 Å². The zero-order valence-electron chi connectivity index (χ0n) is 10.7. The van der Waals surface area contributed by atoms with Gasteiger partial charge >= 0.3 is 0 Å². The van der Waals surface area contributed by atoms with Crippen molar-refractivity contribution < 1.29 is 0 Å². The minimum Gasteiger partial charge on any atom is -0.309 e. The van der Waals surface area contributed by atoms with Crippen molar-refractivity contribution in [1.82, 2.24) is 10.2 Å². The Kier molecular flexibility index (Phi) is 2.97. The molecule has 0 amide bonds. The van der Waals surface area contributed by atoms with Crippen molar-refractivity contribution in [3.8, 4) is 0 Å². The van der Waals surface area contributed by atoms with E-state index in [0.717, 1.165) is 12.0 Å². The van der Waals surface area contributed by atoms with E-state index in [9.17, 15) is 0 Å². The van der Waals surface area contributed by atoms with Gasteiger partial charge in [-0.3, -0.25) is 4.90 Å². The summed E-state index contributed by atoms with van der Waals surface area (Å²) in [7, 11) is 0. The van der Waals surface area contributed by atoms with Crippen molar-refractivity contribution in [2.75, 3.05) is 19.6 Å². The minimum absolute atomic E-state index is 0.509. The van der Waals surface area contributed by atoms with Crippen LogP contribution >= 0.6 is 0 Å². The summed E-state index contributed by atoms with van der Waals surface area (Å²) < 4.78 is 0. The van der Waals surface area contributed by atoms with Crippen LogP contribution in [-0.4, -0.2) is 36.1 Å². The predicted octanol–water partition coefficient (Wildman–Crippen LogP) is 2.39. The lowest BCUT2D eigenvalue weighted by molar-refractivity contribution is 0.0195. The lowest BCUT2D eigenvalue weighted by Gasteiger charge is -2.51. The summed E-state index contributed by atoms with van der Waals surface area (Å²) >= 11 is 0. The smallest absolute Gasteiger partial charge is 0.0309 e. The van der Waals surface area contributed by atoms with Gasteiger partial charge in [-0.15, -0.1) is 0 Å². The van der Waals surface area contributed by atoms with Crippen molar-refractivity contribution in [3.63, 3.8) is 0 Å². The van der Waals surface area contributed by atoms with Crippen LogP contribution in [0.25, 0.3) is 0 Å². The number of rotatable bonds is 1. The Labute approximate surface area is 99.8 Å². The summed E-state index contributed by atoms with van der Waals surface area (Å²) in [6.07, 6.45) is 10.1. The molecule has 2 aliphatic carbocycles. The van der Waals surface area contributed by atoms with Crippen LogP contribution in [0.2, 0.25) is 0 Å². The first kappa shape index (κ1) is 11.0. The highest BCUT2D eigenvalue weighted by molar-refractivity contribution is 4.99. The van der Waals surface area contributed by atoms with Gasteiger partial charge in [0.2, 0.25) is 0 Å². The molecule has 0 unspecified atom stereocenters. The van der Waals surface area contributed by atoms with E-state index in [1.807, 2.05) is 0 Å². The van der Waals surface area contributed by atoms with Crippen LogP contribution in [0.5, 0.6) is 0 Å². The minimum atomic E-state index is 0.509. The van der Waals surface area contributed by atoms with Gasteiger partial charge in [0, 0.05) is 31.2 Å². The summed E-state index contributed by atoms with van der Waals surface area (Å²) in [5, 5.41) is 3.84. The maximum absolute atomic E-state index is 3.84. The second-order valence-electron chi connectivity index (χ2n) is 6.47. The molecule has 0 aromatic heterocycles. The average Bonchev–Trinajstić information content (AvgIpc) is 2.26. The van der Waals surface area contributed by atoms with Crippen molar-refractivity contribution >= 4 is 0 Å². The molecule has 1 N–H and O–H groups in total. The lowest BCUT2D eigenvalue weighted by Crippen LogP contribution is -2.64. The van der Waals surface area contributed by atoms with Gasteiger partial charge in [0.1, 0.15) is 0 Å². The van der Waals surface area contributed by atoms with E-state index in [-0.39, 0.29) is 0 Å². The second kappa shape index (κ2) is 4.30. The standard InChI is InChI=1S/C14H26N2/c1-12-9-13(10-12)16-8-7-15-14(11-16)5-3-2-4-6-14/h12-13,15H,2-11H2,1H3. The molecule has 1 heterocycles.